The first kappa shape index (κ1) is 29.6. The zero-order chi connectivity index (χ0) is 28.2. The lowest BCUT2D eigenvalue weighted by Gasteiger charge is -2.45. The first-order valence-electron chi connectivity index (χ1n) is 13.4. The third-order valence-electron chi connectivity index (χ3n) is 6.46. The van der Waals surface area contributed by atoms with E-state index in [0.29, 0.717) is 0 Å². The molecule has 4 rings (SSSR count). The Hall–Kier alpha value is -3.37. The molecule has 1 aliphatic heterocycles. The van der Waals surface area contributed by atoms with Gasteiger partial charge in [0.25, 0.3) is 0 Å². The first-order chi connectivity index (χ1) is 19.5. The van der Waals surface area contributed by atoms with Crippen LogP contribution in [0, 0.1) is 0 Å². The molecular weight excluding hydrogens is 512 g/mol. The summed E-state index contributed by atoms with van der Waals surface area (Å²) >= 11 is 0. The minimum Gasteiger partial charge on any atom is -0.463 e. The highest BCUT2D eigenvalue weighted by atomic mass is 16.7. The van der Waals surface area contributed by atoms with E-state index in [1.165, 1.54) is 6.08 Å². The molecule has 0 amide bonds. The Labute approximate surface area is 234 Å². The highest BCUT2D eigenvalue weighted by Gasteiger charge is 2.49. The fraction of sp³-hybridized carbons (Fsp3) is 0.344. The van der Waals surface area contributed by atoms with Crippen molar-refractivity contribution >= 4 is 5.97 Å². The number of aliphatic hydroxyl groups is 2. The Morgan fingerprint density at radius 1 is 0.775 bits per heavy atom. The second kappa shape index (κ2) is 15.4. The molecule has 0 aliphatic carbocycles. The van der Waals surface area contributed by atoms with Crippen LogP contribution in [0.4, 0.5) is 0 Å². The molecule has 3 aromatic rings. The Bertz CT molecular complexity index is 1170. The van der Waals surface area contributed by atoms with Crippen LogP contribution in [-0.2, 0) is 48.3 Å². The number of hydrogen-bond donors (Lipinski definition) is 2. The largest absolute Gasteiger partial charge is 0.463 e. The minimum atomic E-state index is -1.43. The highest BCUT2D eigenvalue weighted by molar-refractivity contribution is 5.81. The third kappa shape index (κ3) is 8.56. The number of esters is 1. The molecule has 0 spiro atoms. The third-order valence-corrected chi connectivity index (χ3v) is 6.46. The Balaban J connectivity index is 1.61. The van der Waals surface area contributed by atoms with E-state index in [0.717, 1.165) is 22.8 Å². The molecule has 2 N–H and O–H groups in total. The van der Waals surface area contributed by atoms with E-state index in [9.17, 15) is 15.0 Å². The number of hydrogen-bond acceptors (Lipinski definition) is 8. The van der Waals surface area contributed by atoms with Crippen molar-refractivity contribution in [1.29, 1.82) is 0 Å². The molecule has 6 atom stereocenters. The molecular formula is C32H36O8. The van der Waals surface area contributed by atoms with E-state index >= 15 is 0 Å². The molecule has 1 saturated heterocycles. The lowest BCUT2D eigenvalue weighted by Crippen LogP contribution is -2.62. The SMILES string of the molecule is CCOC(=O)/C=C/C(O)[C@@H]1O[C@H](O)[C@H](OCc2ccccc2)[C@@H](OCc2ccccc2)[C@@H]1OCc1ccccc1. The van der Waals surface area contributed by atoms with Gasteiger partial charge in [-0.1, -0.05) is 91.0 Å². The summed E-state index contributed by atoms with van der Waals surface area (Å²) in [5.74, 6) is -0.597. The van der Waals surface area contributed by atoms with E-state index in [4.69, 9.17) is 23.7 Å². The van der Waals surface area contributed by atoms with Crippen LogP contribution in [-0.4, -0.2) is 59.6 Å². The van der Waals surface area contributed by atoms with Gasteiger partial charge in [-0.3, -0.25) is 0 Å². The second-order valence-electron chi connectivity index (χ2n) is 9.38. The van der Waals surface area contributed by atoms with Crippen LogP contribution in [0.5, 0.6) is 0 Å². The van der Waals surface area contributed by atoms with Gasteiger partial charge in [-0.15, -0.1) is 0 Å². The minimum absolute atomic E-state index is 0.201. The molecule has 40 heavy (non-hydrogen) atoms. The van der Waals surface area contributed by atoms with Gasteiger partial charge in [-0.2, -0.15) is 0 Å². The average Bonchev–Trinajstić information content (AvgIpc) is 2.99. The van der Waals surface area contributed by atoms with Gasteiger partial charge >= 0.3 is 5.97 Å². The zero-order valence-corrected chi connectivity index (χ0v) is 22.5. The van der Waals surface area contributed by atoms with E-state index in [-0.39, 0.29) is 26.4 Å². The van der Waals surface area contributed by atoms with E-state index in [1.54, 1.807) is 6.92 Å². The molecule has 0 aromatic heterocycles. The maximum absolute atomic E-state index is 11.9. The lowest BCUT2D eigenvalue weighted by molar-refractivity contribution is -0.320. The van der Waals surface area contributed by atoms with Gasteiger partial charge in [0.2, 0.25) is 0 Å². The van der Waals surface area contributed by atoms with Gasteiger partial charge in [0.1, 0.15) is 30.5 Å². The van der Waals surface area contributed by atoms with Gasteiger partial charge < -0.3 is 33.9 Å². The summed E-state index contributed by atoms with van der Waals surface area (Å²) < 4.78 is 29.7. The fourth-order valence-electron chi connectivity index (χ4n) is 4.46. The van der Waals surface area contributed by atoms with Crippen LogP contribution in [0.1, 0.15) is 23.6 Å². The van der Waals surface area contributed by atoms with Crippen molar-refractivity contribution < 1.29 is 38.7 Å². The van der Waals surface area contributed by atoms with Gasteiger partial charge in [-0.05, 0) is 29.7 Å². The maximum atomic E-state index is 11.9. The molecule has 8 heteroatoms. The Kier molecular flexibility index (Phi) is 11.4. The number of carbonyl (C=O) groups excluding carboxylic acids is 1. The van der Waals surface area contributed by atoms with Crippen molar-refractivity contribution in [3.8, 4) is 0 Å². The Morgan fingerprint density at radius 2 is 1.23 bits per heavy atom. The van der Waals surface area contributed by atoms with Gasteiger partial charge in [0.15, 0.2) is 6.29 Å². The summed E-state index contributed by atoms with van der Waals surface area (Å²) in [6, 6.07) is 28.8. The molecule has 212 valence electrons. The molecule has 1 heterocycles. The lowest BCUT2D eigenvalue weighted by atomic mass is 9.94. The van der Waals surface area contributed by atoms with Gasteiger partial charge in [-0.25, -0.2) is 4.79 Å². The molecule has 1 unspecified atom stereocenters. The first-order valence-corrected chi connectivity index (χ1v) is 13.4. The molecule has 1 fully saturated rings. The average molecular weight is 549 g/mol. The van der Waals surface area contributed by atoms with Crippen LogP contribution in [0.15, 0.2) is 103 Å². The van der Waals surface area contributed by atoms with Crippen LogP contribution in [0.2, 0.25) is 0 Å². The van der Waals surface area contributed by atoms with Crippen molar-refractivity contribution in [2.45, 2.75) is 63.6 Å². The molecule has 3 aromatic carbocycles. The molecule has 0 radical (unpaired) electrons. The summed E-state index contributed by atoms with van der Waals surface area (Å²) in [5, 5.41) is 22.2. The van der Waals surface area contributed by atoms with Gasteiger partial charge in [0.05, 0.1) is 26.4 Å². The molecule has 8 nitrogen and oxygen atoms in total. The Morgan fingerprint density at radius 3 is 1.70 bits per heavy atom. The number of rotatable bonds is 13. The number of ether oxygens (including phenoxy) is 5. The molecule has 0 bridgehead atoms. The van der Waals surface area contributed by atoms with E-state index in [2.05, 4.69) is 0 Å². The van der Waals surface area contributed by atoms with Crippen LogP contribution < -0.4 is 0 Å². The monoisotopic (exact) mass is 548 g/mol. The fourth-order valence-corrected chi connectivity index (χ4v) is 4.46. The highest BCUT2D eigenvalue weighted by Crippen LogP contribution is 2.31. The number of carbonyl (C=O) groups is 1. The van der Waals surface area contributed by atoms with Crippen LogP contribution in [0.25, 0.3) is 0 Å². The summed E-state index contributed by atoms with van der Waals surface area (Å²) in [4.78, 5) is 11.9. The van der Waals surface area contributed by atoms with E-state index in [1.807, 2.05) is 91.0 Å². The zero-order valence-electron chi connectivity index (χ0n) is 22.5. The smallest absolute Gasteiger partial charge is 0.330 e. The summed E-state index contributed by atoms with van der Waals surface area (Å²) in [5.41, 5.74) is 2.75. The second-order valence-corrected chi connectivity index (χ2v) is 9.38. The summed E-state index contributed by atoms with van der Waals surface area (Å²) in [6.07, 6.45) is -4.02. The van der Waals surface area contributed by atoms with Crippen LogP contribution in [0.3, 0.4) is 0 Å². The summed E-state index contributed by atoms with van der Waals surface area (Å²) in [7, 11) is 0. The van der Waals surface area contributed by atoms with Crippen molar-refractivity contribution in [2.24, 2.45) is 0 Å². The van der Waals surface area contributed by atoms with E-state index < -0.39 is 42.8 Å². The standard InChI is InChI=1S/C32H36O8/c1-2-36-27(34)19-18-26(33)28-29(37-20-23-12-6-3-7-13-23)30(38-21-24-14-8-4-9-15-24)31(32(35)40-28)39-22-25-16-10-5-11-17-25/h3-19,26,28-33,35H,2,20-22H2,1H3/b19-18+/t26?,28-,29+,30-,31+,32-/m0/s1. The summed E-state index contributed by atoms with van der Waals surface area (Å²) in [6.45, 7) is 2.53. The topological polar surface area (TPSA) is 104 Å². The number of benzene rings is 3. The normalized spacial score (nSPS) is 23.6. The molecule has 0 saturated carbocycles. The van der Waals surface area contributed by atoms with Crippen molar-refractivity contribution in [3.05, 3.63) is 120 Å². The quantitative estimate of drug-likeness (QED) is 0.245. The van der Waals surface area contributed by atoms with Crippen LogP contribution >= 0.6 is 0 Å². The van der Waals surface area contributed by atoms with Crippen molar-refractivity contribution in [3.63, 3.8) is 0 Å². The van der Waals surface area contributed by atoms with Gasteiger partial charge in [0, 0.05) is 6.08 Å². The number of aliphatic hydroxyl groups excluding tert-OH is 2. The maximum Gasteiger partial charge on any atom is 0.330 e. The predicted molar refractivity (Wildman–Crippen MR) is 148 cm³/mol. The molecule has 1 aliphatic rings. The predicted octanol–water partition coefficient (Wildman–Crippen LogP) is 3.94. The van der Waals surface area contributed by atoms with Crippen molar-refractivity contribution in [2.75, 3.05) is 6.61 Å². The van der Waals surface area contributed by atoms with Crippen molar-refractivity contribution in [1.82, 2.24) is 0 Å².